The molecule has 1 saturated carbocycles. The fourth-order valence-electron chi connectivity index (χ4n) is 3.94. The fourth-order valence-corrected chi connectivity index (χ4v) is 4.86. The van der Waals surface area contributed by atoms with E-state index in [1.807, 2.05) is 11.0 Å². The zero-order valence-corrected chi connectivity index (χ0v) is 16.3. The van der Waals surface area contributed by atoms with Crippen LogP contribution in [0.15, 0.2) is 29.4 Å². The highest BCUT2D eigenvalue weighted by Gasteiger charge is 2.30. The molecule has 0 radical (unpaired) electrons. The van der Waals surface area contributed by atoms with Crippen LogP contribution in [0.25, 0.3) is 10.9 Å². The Kier molecular flexibility index (Phi) is 4.19. The van der Waals surface area contributed by atoms with Crippen molar-refractivity contribution in [3.63, 3.8) is 0 Å². The van der Waals surface area contributed by atoms with Gasteiger partial charge in [0, 0.05) is 54.1 Å². The van der Waals surface area contributed by atoms with Gasteiger partial charge in [-0.05, 0) is 25.8 Å². The molecule has 0 spiro atoms. The third-order valence-corrected chi connectivity index (χ3v) is 6.52. The summed E-state index contributed by atoms with van der Waals surface area (Å²) in [4.78, 5) is 18.3. The number of carbonyl (C=O) groups is 1. The van der Waals surface area contributed by atoms with E-state index in [-0.39, 0.29) is 5.91 Å². The summed E-state index contributed by atoms with van der Waals surface area (Å²) >= 11 is 1.52. The predicted molar refractivity (Wildman–Crippen MR) is 106 cm³/mol. The number of carbonyl (C=O) groups excluding carboxylic acids is 1. The first kappa shape index (κ1) is 16.9. The van der Waals surface area contributed by atoms with E-state index in [1.165, 1.54) is 41.2 Å². The number of hydrogen-bond donors (Lipinski definition) is 1. The lowest BCUT2D eigenvalue weighted by atomic mass is 10.0. The molecule has 1 fully saturated rings. The number of rotatable bonds is 5. The highest BCUT2D eigenvalue weighted by atomic mass is 32.2. The molecule has 2 aromatic heterocycles. The number of hydrogen-bond acceptors (Lipinski definition) is 4. The van der Waals surface area contributed by atoms with E-state index in [0.717, 1.165) is 36.0 Å². The lowest BCUT2D eigenvalue weighted by Crippen LogP contribution is -2.36. The van der Waals surface area contributed by atoms with Crippen LogP contribution < -0.4 is 0 Å². The number of thioether (sulfide) groups is 1. The van der Waals surface area contributed by atoms with E-state index < -0.39 is 0 Å². The van der Waals surface area contributed by atoms with Crippen LogP contribution in [0.4, 0.5) is 0 Å². The molecule has 0 atom stereocenters. The number of nitrogens with zero attached hydrogens (tertiary/aromatic N) is 4. The topological polar surface area (TPSA) is 66.8 Å². The van der Waals surface area contributed by atoms with Gasteiger partial charge in [-0.15, -0.1) is 10.2 Å². The van der Waals surface area contributed by atoms with Crippen LogP contribution in [0.1, 0.15) is 42.8 Å². The van der Waals surface area contributed by atoms with Gasteiger partial charge in [-0.2, -0.15) is 0 Å². The maximum atomic E-state index is 12.8. The second-order valence-corrected chi connectivity index (χ2v) is 8.28. The number of para-hydroxylation sites is 1. The SMILES string of the molecule is CCn1c(SCC(=O)N2CCc3[nH]c4ccccc4c3C2)nnc1C1CC1. The van der Waals surface area contributed by atoms with Crippen molar-refractivity contribution in [3.05, 3.63) is 41.3 Å². The van der Waals surface area contributed by atoms with Crippen molar-refractivity contribution in [3.8, 4) is 0 Å². The summed E-state index contributed by atoms with van der Waals surface area (Å²) in [5.74, 6) is 2.26. The smallest absolute Gasteiger partial charge is 0.233 e. The number of benzene rings is 1. The normalized spacial score (nSPS) is 16.7. The van der Waals surface area contributed by atoms with Crippen molar-refractivity contribution < 1.29 is 4.79 Å². The lowest BCUT2D eigenvalue weighted by Gasteiger charge is -2.27. The van der Waals surface area contributed by atoms with Crippen molar-refractivity contribution in [2.45, 2.75) is 50.4 Å². The zero-order chi connectivity index (χ0) is 18.4. The van der Waals surface area contributed by atoms with Crippen LogP contribution in [0, 0.1) is 0 Å². The first-order valence-corrected chi connectivity index (χ1v) is 10.6. The Morgan fingerprint density at radius 3 is 2.96 bits per heavy atom. The molecule has 1 amide bonds. The van der Waals surface area contributed by atoms with Crippen molar-refractivity contribution in [1.29, 1.82) is 0 Å². The Morgan fingerprint density at radius 1 is 1.30 bits per heavy atom. The van der Waals surface area contributed by atoms with E-state index in [4.69, 9.17) is 0 Å². The second kappa shape index (κ2) is 6.71. The molecule has 7 heteroatoms. The molecule has 6 nitrogen and oxygen atoms in total. The summed E-state index contributed by atoms with van der Waals surface area (Å²) in [5, 5.41) is 10.8. The Balaban J connectivity index is 1.28. The van der Waals surface area contributed by atoms with Gasteiger partial charge in [0.05, 0.1) is 5.75 Å². The molecule has 0 bridgehead atoms. The first-order valence-electron chi connectivity index (χ1n) is 9.66. The number of H-pyrrole nitrogens is 1. The number of nitrogens with one attached hydrogen (secondary N) is 1. The molecule has 3 heterocycles. The number of aromatic amines is 1. The van der Waals surface area contributed by atoms with E-state index in [0.29, 0.717) is 18.2 Å². The van der Waals surface area contributed by atoms with Gasteiger partial charge in [0.25, 0.3) is 0 Å². The van der Waals surface area contributed by atoms with Gasteiger partial charge >= 0.3 is 0 Å². The van der Waals surface area contributed by atoms with Gasteiger partial charge in [0.1, 0.15) is 5.82 Å². The maximum Gasteiger partial charge on any atom is 0.233 e. The standard InChI is InChI=1S/C20H23N5OS/c1-2-25-19(13-7-8-13)22-23-20(25)27-12-18(26)24-10-9-17-15(11-24)14-5-3-4-6-16(14)21-17/h3-6,13,21H,2,7-12H2,1H3. The highest BCUT2D eigenvalue weighted by Crippen LogP contribution is 2.40. The third kappa shape index (κ3) is 3.04. The molecular weight excluding hydrogens is 358 g/mol. The Hall–Kier alpha value is -2.28. The van der Waals surface area contributed by atoms with Gasteiger partial charge in [0.15, 0.2) is 5.16 Å². The van der Waals surface area contributed by atoms with Gasteiger partial charge in [-0.25, -0.2) is 0 Å². The molecule has 1 aromatic carbocycles. The zero-order valence-electron chi connectivity index (χ0n) is 15.4. The van der Waals surface area contributed by atoms with Crippen LogP contribution in [0.5, 0.6) is 0 Å². The second-order valence-electron chi connectivity index (χ2n) is 7.34. The molecule has 1 aliphatic heterocycles. The monoisotopic (exact) mass is 381 g/mol. The van der Waals surface area contributed by atoms with Gasteiger partial charge < -0.3 is 14.5 Å². The summed E-state index contributed by atoms with van der Waals surface area (Å²) in [6.45, 7) is 4.43. The minimum Gasteiger partial charge on any atom is -0.358 e. The molecular formula is C20H23N5OS. The highest BCUT2D eigenvalue weighted by molar-refractivity contribution is 7.99. The summed E-state index contributed by atoms with van der Waals surface area (Å²) in [6.07, 6.45) is 3.31. The minimum atomic E-state index is 0.176. The number of amides is 1. The first-order chi connectivity index (χ1) is 13.2. The van der Waals surface area contributed by atoms with Crippen LogP contribution >= 0.6 is 11.8 Å². The van der Waals surface area contributed by atoms with Crippen LogP contribution in [0.3, 0.4) is 0 Å². The third-order valence-electron chi connectivity index (χ3n) is 5.56. The van der Waals surface area contributed by atoms with Crippen molar-refractivity contribution in [2.24, 2.45) is 0 Å². The summed E-state index contributed by atoms with van der Waals surface area (Å²) in [7, 11) is 0. The van der Waals surface area contributed by atoms with E-state index in [9.17, 15) is 4.79 Å². The largest absolute Gasteiger partial charge is 0.358 e. The Bertz CT molecular complexity index is 1000. The van der Waals surface area contributed by atoms with E-state index in [1.54, 1.807) is 0 Å². The maximum absolute atomic E-state index is 12.8. The predicted octanol–water partition coefficient (Wildman–Crippen LogP) is 3.33. The molecule has 2 aliphatic rings. The molecule has 140 valence electrons. The average Bonchev–Trinajstić information content (AvgIpc) is 3.35. The van der Waals surface area contributed by atoms with Crippen molar-refractivity contribution in [2.75, 3.05) is 12.3 Å². The Morgan fingerprint density at radius 2 is 2.15 bits per heavy atom. The van der Waals surface area contributed by atoms with E-state index >= 15 is 0 Å². The van der Waals surface area contributed by atoms with Gasteiger partial charge in [0.2, 0.25) is 5.91 Å². The summed E-state index contributed by atoms with van der Waals surface area (Å²) in [5.41, 5.74) is 3.70. The fraction of sp³-hybridized carbons (Fsp3) is 0.450. The van der Waals surface area contributed by atoms with E-state index in [2.05, 4.69) is 44.9 Å². The molecule has 1 N–H and O–H groups in total. The lowest BCUT2D eigenvalue weighted by molar-refractivity contribution is -0.129. The molecule has 3 aromatic rings. The molecule has 27 heavy (non-hydrogen) atoms. The van der Waals surface area contributed by atoms with Gasteiger partial charge in [-0.3, -0.25) is 4.79 Å². The number of aromatic nitrogens is 4. The van der Waals surface area contributed by atoms with Crippen molar-refractivity contribution in [1.82, 2.24) is 24.6 Å². The van der Waals surface area contributed by atoms with Crippen LogP contribution in [-0.4, -0.2) is 42.9 Å². The Labute approximate surface area is 162 Å². The van der Waals surface area contributed by atoms with Crippen molar-refractivity contribution >= 4 is 28.6 Å². The quantitative estimate of drug-likeness (QED) is 0.689. The summed E-state index contributed by atoms with van der Waals surface area (Å²) < 4.78 is 2.17. The molecule has 5 rings (SSSR count). The number of fused-ring (bicyclic) bond motifs is 3. The average molecular weight is 382 g/mol. The molecule has 1 aliphatic carbocycles. The summed E-state index contributed by atoms with van der Waals surface area (Å²) in [6, 6.07) is 8.34. The minimum absolute atomic E-state index is 0.176. The van der Waals surface area contributed by atoms with Crippen LogP contribution in [0.2, 0.25) is 0 Å². The molecule has 0 saturated heterocycles. The molecule has 0 unspecified atom stereocenters. The van der Waals surface area contributed by atoms with Gasteiger partial charge in [-0.1, -0.05) is 30.0 Å². The van der Waals surface area contributed by atoms with Crippen LogP contribution in [-0.2, 0) is 24.3 Å².